The van der Waals surface area contributed by atoms with Crippen LogP contribution in [0.5, 0.6) is 5.75 Å². The number of hydrogen-bond acceptors (Lipinski definition) is 7. The molecule has 2 aliphatic rings. The Labute approximate surface area is 186 Å². The summed E-state index contributed by atoms with van der Waals surface area (Å²) in [5.74, 6) is 0.277. The number of thioether (sulfide) groups is 1. The molecule has 11 heteroatoms. The van der Waals surface area contributed by atoms with Gasteiger partial charge in [0, 0.05) is 30.0 Å². The second-order valence-electron chi connectivity index (χ2n) is 8.34. The van der Waals surface area contributed by atoms with Crippen molar-refractivity contribution < 1.29 is 27.5 Å². The number of carbonyl (C=O) groups is 2. The molecule has 0 radical (unpaired) electrons. The monoisotopic (exact) mass is 469 g/mol. The quantitative estimate of drug-likeness (QED) is 0.698. The maximum atomic E-state index is 12.5. The number of fused-ring (bicyclic) bond motifs is 1. The van der Waals surface area contributed by atoms with E-state index in [0.717, 1.165) is 5.69 Å². The Morgan fingerprint density at radius 2 is 2.03 bits per heavy atom. The minimum atomic E-state index is -3.15. The molecule has 0 aromatic heterocycles. The number of amides is 2. The summed E-state index contributed by atoms with van der Waals surface area (Å²) in [6.45, 7) is 5.36. The Morgan fingerprint density at radius 1 is 1.29 bits per heavy atom. The van der Waals surface area contributed by atoms with Gasteiger partial charge in [-0.15, -0.1) is 0 Å². The molecule has 1 aromatic carbocycles. The standard InChI is InChI=1S/C20H27N3O6S2/c1-20(2,3)29-19(25)21-9-8-17(24)22-18-23(13-6-5-7-14(10-13)28-4)15-11-31(26,27)12-16(15)30-18/h5-7,10,15-16H,8-9,11-12H2,1-4H3,(H,21,25). The molecule has 1 aromatic rings. The van der Waals surface area contributed by atoms with Crippen LogP contribution >= 0.6 is 11.8 Å². The number of sulfone groups is 1. The Balaban J connectivity index is 1.73. The smallest absolute Gasteiger partial charge is 0.407 e. The number of rotatable bonds is 5. The molecular weight excluding hydrogens is 442 g/mol. The van der Waals surface area contributed by atoms with E-state index in [0.29, 0.717) is 10.9 Å². The topological polar surface area (TPSA) is 114 Å². The zero-order chi connectivity index (χ0) is 22.8. The van der Waals surface area contributed by atoms with Crippen LogP contribution in [0.25, 0.3) is 0 Å². The maximum absolute atomic E-state index is 12.5. The fraction of sp³-hybridized carbons (Fsp3) is 0.550. The third-order valence-electron chi connectivity index (χ3n) is 4.63. The van der Waals surface area contributed by atoms with Gasteiger partial charge in [0.05, 0.1) is 24.7 Å². The third kappa shape index (κ3) is 6.13. The molecule has 0 bridgehead atoms. The summed E-state index contributed by atoms with van der Waals surface area (Å²) in [6.07, 6.45) is -0.593. The number of alkyl carbamates (subject to hydrolysis) is 1. The summed E-state index contributed by atoms with van der Waals surface area (Å²) in [5, 5.41) is 2.80. The number of carbonyl (C=O) groups excluding carboxylic acids is 2. The average Bonchev–Trinajstić information content (AvgIpc) is 3.10. The molecule has 3 rings (SSSR count). The van der Waals surface area contributed by atoms with Crippen molar-refractivity contribution in [2.75, 3.05) is 30.1 Å². The van der Waals surface area contributed by atoms with Crippen molar-refractivity contribution in [2.45, 2.75) is 44.1 Å². The van der Waals surface area contributed by atoms with Crippen LogP contribution in [-0.4, -0.2) is 67.6 Å². The van der Waals surface area contributed by atoms with Gasteiger partial charge >= 0.3 is 6.09 Å². The minimum Gasteiger partial charge on any atom is -0.497 e. The van der Waals surface area contributed by atoms with Crippen molar-refractivity contribution in [1.82, 2.24) is 5.32 Å². The molecule has 0 aliphatic carbocycles. The molecule has 2 aliphatic heterocycles. The van der Waals surface area contributed by atoms with Gasteiger partial charge in [-0.2, -0.15) is 4.99 Å². The number of benzene rings is 1. The van der Waals surface area contributed by atoms with E-state index in [2.05, 4.69) is 10.3 Å². The molecule has 2 heterocycles. The van der Waals surface area contributed by atoms with E-state index in [1.807, 2.05) is 11.0 Å². The highest BCUT2D eigenvalue weighted by atomic mass is 32.2. The van der Waals surface area contributed by atoms with Crippen LogP contribution in [0.15, 0.2) is 29.3 Å². The van der Waals surface area contributed by atoms with Crippen LogP contribution in [0, 0.1) is 0 Å². The lowest BCUT2D eigenvalue weighted by Crippen LogP contribution is -2.37. The van der Waals surface area contributed by atoms with Crippen molar-refractivity contribution in [3.8, 4) is 5.75 Å². The number of hydrogen-bond donors (Lipinski definition) is 1. The first-order valence-corrected chi connectivity index (χ1v) is 12.6. The third-order valence-corrected chi connectivity index (χ3v) is 7.84. The molecule has 2 atom stereocenters. The number of methoxy groups -OCH3 is 1. The van der Waals surface area contributed by atoms with Crippen LogP contribution in [0.3, 0.4) is 0 Å². The molecule has 1 N–H and O–H groups in total. The number of amidine groups is 1. The molecule has 2 fully saturated rings. The first-order chi connectivity index (χ1) is 14.5. The summed E-state index contributed by atoms with van der Waals surface area (Å²) in [5.41, 5.74) is 0.0966. The van der Waals surface area contributed by atoms with Gasteiger partial charge in [-0.05, 0) is 32.9 Å². The molecule has 2 unspecified atom stereocenters. The predicted octanol–water partition coefficient (Wildman–Crippen LogP) is 2.21. The van der Waals surface area contributed by atoms with Gasteiger partial charge in [0.25, 0.3) is 0 Å². The normalized spacial score (nSPS) is 23.5. The van der Waals surface area contributed by atoms with Crippen molar-refractivity contribution >= 4 is 44.5 Å². The SMILES string of the molecule is COc1cccc(N2C(=NC(=O)CCNC(=O)OC(C)(C)C)SC3CS(=O)(=O)CC32)c1. The lowest BCUT2D eigenvalue weighted by molar-refractivity contribution is -0.117. The van der Waals surface area contributed by atoms with Crippen molar-refractivity contribution in [3.63, 3.8) is 0 Å². The minimum absolute atomic E-state index is 0.00286. The zero-order valence-electron chi connectivity index (χ0n) is 18.0. The molecule has 2 saturated heterocycles. The number of nitrogens with zero attached hydrogens (tertiary/aromatic N) is 2. The largest absolute Gasteiger partial charge is 0.497 e. The molecule has 9 nitrogen and oxygen atoms in total. The highest BCUT2D eigenvalue weighted by Crippen LogP contribution is 2.41. The summed E-state index contributed by atoms with van der Waals surface area (Å²) >= 11 is 1.30. The van der Waals surface area contributed by atoms with Gasteiger partial charge in [-0.1, -0.05) is 17.8 Å². The number of ether oxygens (including phenoxy) is 2. The first kappa shape index (κ1) is 23.4. The fourth-order valence-electron chi connectivity index (χ4n) is 3.37. The van der Waals surface area contributed by atoms with Gasteiger partial charge in [0.15, 0.2) is 15.0 Å². The zero-order valence-corrected chi connectivity index (χ0v) is 19.6. The molecule has 0 saturated carbocycles. The molecule has 170 valence electrons. The van der Waals surface area contributed by atoms with Gasteiger partial charge in [0.2, 0.25) is 5.91 Å². The maximum Gasteiger partial charge on any atom is 0.407 e. The summed E-state index contributed by atoms with van der Waals surface area (Å²) in [6, 6.07) is 6.92. The van der Waals surface area contributed by atoms with E-state index in [4.69, 9.17) is 9.47 Å². The molecule has 0 spiro atoms. The van der Waals surface area contributed by atoms with Crippen molar-refractivity contribution in [2.24, 2.45) is 4.99 Å². The lowest BCUT2D eigenvalue weighted by atomic mass is 10.2. The molecule has 31 heavy (non-hydrogen) atoms. The fourth-order valence-corrected chi connectivity index (χ4v) is 7.31. The Kier molecular flexibility index (Phi) is 6.85. The summed E-state index contributed by atoms with van der Waals surface area (Å²) in [4.78, 5) is 30.2. The first-order valence-electron chi connectivity index (χ1n) is 9.86. The van der Waals surface area contributed by atoms with Crippen LogP contribution < -0.4 is 15.0 Å². The molecular formula is C20H27N3O6S2. The van der Waals surface area contributed by atoms with Crippen LogP contribution in [0.1, 0.15) is 27.2 Å². The van der Waals surface area contributed by atoms with Crippen LogP contribution in [-0.2, 0) is 19.4 Å². The number of aliphatic imine (C=N–C) groups is 1. The van der Waals surface area contributed by atoms with E-state index < -0.39 is 27.4 Å². The van der Waals surface area contributed by atoms with Gasteiger partial charge in [-0.25, -0.2) is 13.2 Å². The number of nitrogens with one attached hydrogen (secondary N) is 1. The second-order valence-corrected chi connectivity index (χ2v) is 11.7. The van der Waals surface area contributed by atoms with Crippen LogP contribution in [0.2, 0.25) is 0 Å². The molecule has 2 amide bonds. The van der Waals surface area contributed by atoms with E-state index >= 15 is 0 Å². The van der Waals surface area contributed by atoms with Gasteiger partial charge in [0.1, 0.15) is 11.4 Å². The summed E-state index contributed by atoms with van der Waals surface area (Å²) < 4.78 is 34.7. The Bertz CT molecular complexity index is 987. The highest BCUT2D eigenvalue weighted by Gasteiger charge is 2.49. The van der Waals surface area contributed by atoms with Crippen molar-refractivity contribution in [1.29, 1.82) is 0 Å². The summed E-state index contributed by atoms with van der Waals surface area (Å²) in [7, 11) is -1.60. The lowest BCUT2D eigenvalue weighted by Gasteiger charge is -2.24. The van der Waals surface area contributed by atoms with E-state index in [9.17, 15) is 18.0 Å². The van der Waals surface area contributed by atoms with E-state index in [-0.39, 0.29) is 35.8 Å². The second kappa shape index (κ2) is 9.07. The highest BCUT2D eigenvalue weighted by molar-refractivity contribution is 8.16. The predicted molar refractivity (Wildman–Crippen MR) is 121 cm³/mol. The Morgan fingerprint density at radius 3 is 2.71 bits per heavy atom. The van der Waals surface area contributed by atoms with Crippen molar-refractivity contribution in [3.05, 3.63) is 24.3 Å². The Hall–Kier alpha value is -2.27. The van der Waals surface area contributed by atoms with Gasteiger partial charge in [-0.3, -0.25) is 4.79 Å². The average molecular weight is 470 g/mol. The van der Waals surface area contributed by atoms with Gasteiger partial charge < -0.3 is 19.7 Å². The van der Waals surface area contributed by atoms with E-state index in [1.54, 1.807) is 46.1 Å². The van der Waals surface area contributed by atoms with E-state index in [1.165, 1.54) is 11.8 Å². The van der Waals surface area contributed by atoms with Crippen LogP contribution in [0.4, 0.5) is 10.5 Å². The number of anilines is 1.